The molecule has 2 N–H and O–H groups in total. The Balaban J connectivity index is 0.00000169. The minimum absolute atomic E-state index is 0. The predicted octanol–water partition coefficient (Wildman–Crippen LogP) is 0.743. The van der Waals surface area contributed by atoms with Gasteiger partial charge in [0.05, 0.1) is 0 Å². The van der Waals surface area contributed by atoms with Crippen molar-refractivity contribution in [2.45, 2.75) is 6.92 Å². The van der Waals surface area contributed by atoms with E-state index in [-0.39, 0.29) is 24.2 Å². The van der Waals surface area contributed by atoms with Gasteiger partial charge in [0.2, 0.25) is 5.91 Å². The van der Waals surface area contributed by atoms with E-state index in [0.717, 1.165) is 25.4 Å². The highest BCUT2D eigenvalue weighted by molar-refractivity contribution is 7.98. The molecule has 0 saturated carbocycles. The molecule has 84 valence electrons. The molecule has 1 rings (SSSR count). The molecule has 0 bridgehead atoms. The topological polar surface area (TPSA) is 41.1 Å². The minimum Gasteiger partial charge on any atom is -0.355 e. The lowest BCUT2D eigenvalue weighted by molar-refractivity contribution is -0.124. The van der Waals surface area contributed by atoms with Crippen molar-refractivity contribution < 1.29 is 4.79 Å². The molecule has 1 fully saturated rings. The summed E-state index contributed by atoms with van der Waals surface area (Å²) in [6.45, 7) is 4.92. The second-order valence-corrected chi connectivity index (χ2v) is 4.54. The standard InChI is InChI=1S/C9H18N2OS.ClH/c1-7(6-13-2)9(12)11-5-8-3-10-4-8;/h7-8,10H,3-6H2,1-2H3,(H,11,12);1H. The summed E-state index contributed by atoms with van der Waals surface area (Å²) in [4.78, 5) is 11.4. The fraction of sp³-hybridized carbons (Fsp3) is 0.889. The predicted molar refractivity (Wildman–Crippen MR) is 64.2 cm³/mol. The fourth-order valence-electron chi connectivity index (χ4n) is 1.24. The largest absolute Gasteiger partial charge is 0.355 e. The number of thioether (sulfide) groups is 1. The molecule has 14 heavy (non-hydrogen) atoms. The lowest BCUT2D eigenvalue weighted by atomic mass is 10.0. The highest BCUT2D eigenvalue weighted by Gasteiger charge is 2.18. The van der Waals surface area contributed by atoms with Crippen LogP contribution in [-0.4, -0.2) is 37.6 Å². The highest BCUT2D eigenvalue weighted by Crippen LogP contribution is 2.05. The van der Waals surface area contributed by atoms with Gasteiger partial charge in [0, 0.05) is 37.2 Å². The van der Waals surface area contributed by atoms with E-state index >= 15 is 0 Å². The van der Waals surface area contributed by atoms with Crippen molar-refractivity contribution in [1.29, 1.82) is 0 Å². The molecule has 1 aliphatic rings. The first kappa shape index (κ1) is 14.1. The van der Waals surface area contributed by atoms with Crippen LogP contribution < -0.4 is 10.6 Å². The van der Waals surface area contributed by atoms with Gasteiger partial charge in [-0.2, -0.15) is 11.8 Å². The molecule has 3 nitrogen and oxygen atoms in total. The Morgan fingerprint density at radius 2 is 2.29 bits per heavy atom. The molecular formula is C9H19ClN2OS. The second-order valence-electron chi connectivity index (χ2n) is 3.63. The molecule has 0 aromatic heterocycles. The van der Waals surface area contributed by atoms with E-state index in [1.807, 2.05) is 13.2 Å². The molecule has 0 aromatic rings. The summed E-state index contributed by atoms with van der Waals surface area (Å²) in [6, 6.07) is 0. The summed E-state index contributed by atoms with van der Waals surface area (Å²) in [7, 11) is 0. The van der Waals surface area contributed by atoms with Gasteiger partial charge in [0.15, 0.2) is 0 Å². The Morgan fingerprint density at radius 3 is 2.71 bits per heavy atom. The first-order chi connectivity index (χ1) is 6.24. The third kappa shape index (κ3) is 4.53. The molecule has 1 saturated heterocycles. The van der Waals surface area contributed by atoms with Gasteiger partial charge < -0.3 is 10.6 Å². The normalized spacial score (nSPS) is 17.9. The van der Waals surface area contributed by atoms with Crippen LogP contribution >= 0.6 is 24.2 Å². The number of carbonyl (C=O) groups excluding carboxylic acids is 1. The van der Waals surface area contributed by atoms with Crippen LogP contribution in [-0.2, 0) is 4.79 Å². The summed E-state index contributed by atoms with van der Waals surface area (Å²) < 4.78 is 0. The zero-order valence-corrected chi connectivity index (χ0v) is 10.3. The summed E-state index contributed by atoms with van der Waals surface area (Å²) in [6.07, 6.45) is 2.03. The third-order valence-corrected chi connectivity index (χ3v) is 3.13. The van der Waals surface area contributed by atoms with Gasteiger partial charge in [-0.15, -0.1) is 12.4 Å². The maximum atomic E-state index is 11.4. The zero-order chi connectivity index (χ0) is 9.68. The van der Waals surface area contributed by atoms with Crippen LogP contribution in [0, 0.1) is 11.8 Å². The van der Waals surface area contributed by atoms with Gasteiger partial charge in [-0.1, -0.05) is 6.92 Å². The molecular weight excluding hydrogens is 220 g/mol. The van der Waals surface area contributed by atoms with Gasteiger partial charge in [-0.05, 0) is 6.26 Å². The molecule has 1 unspecified atom stereocenters. The summed E-state index contributed by atoms with van der Waals surface area (Å²) in [5.41, 5.74) is 0. The van der Waals surface area contributed by atoms with Gasteiger partial charge in [0.1, 0.15) is 0 Å². The Bertz CT molecular complexity index is 176. The van der Waals surface area contributed by atoms with Crippen molar-refractivity contribution in [3.8, 4) is 0 Å². The molecule has 0 radical (unpaired) electrons. The van der Waals surface area contributed by atoms with Crippen LogP contribution in [0.2, 0.25) is 0 Å². The number of amides is 1. The molecule has 1 aliphatic heterocycles. The summed E-state index contributed by atoms with van der Waals surface area (Å²) in [5.74, 6) is 1.91. The zero-order valence-electron chi connectivity index (χ0n) is 8.71. The minimum atomic E-state index is 0. The molecule has 0 aromatic carbocycles. The number of hydrogen-bond donors (Lipinski definition) is 2. The van der Waals surface area contributed by atoms with Crippen molar-refractivity contribution in [2.75, 3.05) is 31.6 Å². The van der Waals surface area contributed by atoms with Crippen molar-refractivity contribution >= 4 is 30.1 Å². The molecule has 5 heteroatoms. The van der Waals surface area contributed by atoms with Crippen LogP contribution in [0.15, 0.2) is 0 Å². The monoisotopic (exact) mass is 238 g/mol. The SMILES string of the molecule is CSCC(C)C(=O)NCC1CNC1.Cl. The smallest absolute Gasteiger partial charge is 0.223 e. The molecule has 1 amide bonds. The maximum Gasteiger partial charge on any atom is 0.223 e. The number of carbonyl (C=O) groups is 1. The van der Waals surface area contributed by atoms with Crippen LogP contribution in [0.4, 0.5) is 0 Å². The third-order valence-electron chi connectivity index (χ3n) is 2.30. The number of nitrogens with one attached hydrogen (secondary N) is 2. The van der Waals surface area contributed by atoms with Crippen LogP contribution in [0.5, 0.6) is 0 Å². The first-order valence-electron chi connectivity index (χ1n) is 4.71. The van der Waals surface area contributed by atoms with Crippen LogP contribution in [0.1, 0.15) is 6.92 Å². The second kappa shape index (κ2) is 7.37. The number of rotatable bonds is 5. The van der Waals surface area contributed by atoms with E-state index < -0.39 is 0 Å². The quantitative estimate of drug-likeness (QED) is 0.743. The number of hydrogen-bond acceptors (Lipinski definition) is 3. The molecule has 0 spiro atoms. The summed E-state index contributed by atoms with van der Waals surface area (Å²) in [5, 5.41) is 6.16. The van der Waals surface area contributed by atoms with Gasteiger partial charge >= 0.3 is 0 Å². The maximum absolute atomic E-state index is 11.4. The van der Waals surface area contributed by atoms with E-state index in [1.165, 1.54) is 0 Å². The van der Waals surface area contributed by atoms with Gasteiger partial charge in [-0.25, -0.2) is 0 Å². The van der Waals surface area contributed by atoms with Gasteiger partial charge in [0.25, 0.3) is 0 Å². The lowest BCUT2D eigenvalue weighted by Crippen LogP contribution is -2.48. The molecule has 1 atom stereocenters. The first-order valence-corrected chi connectivity index (χ1v) is 6.10. The van der Waals surface area contributed by atoms with E-state index in [9.17, 15) is 4.79 Å². The van der Waals surface area contributed by atoms with E-state index in [0.29, 0.717) is 5.92 Å². The summed E-state index contributed by atoms with van der Waals surface area (Å²) >= 11 is 1.72. The fourth-order valence-corrected chi connectivity index (χ4v) is 1.89. The van der Waals surface area contributed by atoms with Gasteiger partial charge in [-0.3, -0.25) is 4.79 Å². The molecule has 1 heterocycles. The van der Waals surface area contributed by atoms with Crippen molar-refractivity contribution in [1.82, 2.24) is 10.6 Å². The van der Waals surface area contributed by atoms with E-state index in [2.05, 4.69) is 10.6 Å². The van der Waals surface area contributed by atoms with Crippen molar-refractivity contribution in [3.63, 3.8) is 0 Å². The van der Waals surface area contributed by atoms with Crippen LogP contribution in [0.3, 0.4) is 0 Å². The Labute approximate surface area is 96.2 Å². The van der Waals surface area contributed by atoms with E-state index in [1.54, 1.807) is 11.8 Å². The van der Waals surface area contributed by atoms with Crippen LogP contribution in [0.25, 0.3) is 0 Å². The Morgan fingerprint density at radius 1 is 1.64 bits per heavy atom. The number of halogens is 1. The van der Waals surface area contributed by atoms with E-state index in [4.69, 9.17) is 0 Å². The Hall–Kier alpha value is 0.0700. The van der Waals surface area contributed by atoms with Crippen molar-refractivity contribution in [3.05, 3.63) is 0 Å². The average molecular weight is 239 g/mol. The average Bonchev–Trinajstić information content (AvgIpc) is 2.01. The van der Waals surface area contributed by atoms with Crippen molar-refractivity contribution in [2.24, 2.45) is 11.8 Å². The lowest BCUT2D eigenvalue weighted by Gasteiger charge is -2.27. The molecule has 0 aliphatic carbocycles. The highest BCUT2D eigenvalue weighted by atomic mass is 35.5. The Kier molecular flexibility index (Phi) is 7.41.